The lowest BCUT2D eigenvalue weighted by atomic mass is 10.1. The van der Waals surface area contributed by atoms with Gasteiger partial charge < -0.3 is 9.84 Å². The van der Waals surface area contributed by atoms with Crippen molar-refractivity contribution < 1.29 is 9.32 Å². The molecule has 146 valence electrons. The van der Waals surface area contributed by atoms with Crippen molar-refractivity contribution in [1.82, 2.24) is 20.3 Å². The van der Waals surface area contributed by atoms with Gasteiger partial charge >= 0.3 is 0 Å². The summed E-state index contributed by atoms with van der Waals surface area (Å²) in [5.74, 6) is 0.641. The number of hydrogen-bond donors (Lipinski definition) is 1. The van der Waals surface area contributed by atoms with Crippen molar-refractivity contribution >= 4 is 17.5 Å². The molecule has 0 spiro atoms. The Bertz CT molecular complexity index is 1010. The summed E-state index contributed by atoms with van der Waals surface area (Å²) in [6, 6.07) is 10.4. The van der Waals surface area contributed by atoms with E-state index < -0.39 is 0 Å². The highest BCUT2D eigenvalue weighted by atomic mass is 35.5. The normalized spacial score (nSPS) is 10.8. The molecule has 1 aromatic carbocycles. The molecule has 0 aliphatic carbocycles. The summed E-state index contributed by atoms with van der Waals surface area (Å²) in [4.78, 5) is 24.1. The number of benzene rings is 1. The minimum absolute atomic E-state index is 0.0955. The summed E-state index contributed by atoms with van der Waals surface area (Å²) in [7, 11) is 0. The quantitative estimate of drug-likeness (QED) is 0.658. The van der Waals surface area contributed by atoms with Gasteiger partial charge in [-0.1, -0.05) is 28.9 Å². The molecule has 0 aliphatic heterocycles. The molecule has 0 atom stereocenters. The third-order valence-electron chi connectivity index (χ3n) is 4.44. The third-order valence-corrected chi connectivity index (χ3v) is 4.69. The zero-order valence-electron chi connectivity index (χ0n) is 15.7. The smallest absolute Gasteiger partial charge is 0.266 e. The largest absolute Gasteiger partial charge is 0.361 e. The van der Waals surface area contributed by atoms with E-state index in [0.717, 1.165) is 22.6 Å². The first-order valence-electron chi connectivity index (χ1n) is 8.96. The van der Waals surface area contributed by atoms with Gasteiger partial charge in [-0.05, 0) is 38.5 Å². The van der Waals surface area contributed by atoms with E-state index in [-0.39, 0.29) is 18.0 Å². The average molecular weight is 401 g/mol. The number of nitrogens with zero attached hydrogens (tertiary/aromatic N) is 3. The highest BCUT2D eigenvalue weighted by Gasteiger charge is 2.11. The van der Waals surface area contributed by atoms with Gasteiger partial charge in [0.2, 0.25) is 5.91 Å². The van der Waals surface area contributed by atoms with Crippen molar-refractivity contribution in [2.45, 2.75) is 33.2 Å². The second kappa shape index (κ2) is 8.84. The number of carbonyl (C=O) groups excluding carboxylic acids is 1. The molecule has 2 aromatic heterocycles. The predicted molar refractivity (Wildman–Crippen MR) is 106 cm³/mol. The van der Waals surface area contributed by atoms with Crippen LogP contribution in [0.15, 0.2) is 45.7 Å². The van der Waals surface area contributed by atoms with Crippen molar-refractivity contribution in [1.29, 1.82) is 0 Å². The second-order valence-corrected chi connectivity index (χ2v) is 6.88. The van der Waals surface area contributed by atoms with Crippen LogP contribution in [0.4, 0.5) is 0 Å². The summed E-state index contributed by atoms with van der Waals surface area (Å²) < 4.78 is 6.44. The van der Waals surface area contributed by atoms with Crippen molar-refractivity contribution in [3.63, 3.8) is 0 Å². The van der Waals surface area contributed by atoms with Crippen LogP contribution < -0.4 is 10.9 Å². The number of aromatic nitrogens is 3. The van der Waals surface area contributed by atoms with Crippen LogP contribution in [-0.4, -0.2) is 27.4 Å². The Morgan fingerprint density at radius 3 is 2.61 bits per heavy atom. The first-order chi connectivity index (χ1) is 13.4. The van der Waals surface area contributed by atoms with Crippen LogP contribution in [0.1, 0.15) is 23.4 Å². The predicted octanol–water partition coefficient (Wildman–Crippen LogP) is 2.92. The first-order valence-corrected chi connectivity index (χ1v) is 9.34. The Balaban J connectivity index is 1.55. The number of amides is 1. The summed E-state index contributed by atoms with van der Waals surface area (Å²) in [5, 5.41) is 11.7. The SMILES string of the molecule is Cc1noc(C)c1CCC(=O)NCCn1nc(-c2ccc(Cl)cc2)ccc1=O. The number of carbonyl (C=O) groups is 1. The van der Waals surface area contributed by atoms with E-state index in [1.807, 2.05) is 26.0 Å². The molecule has 2 heterocycles. The first kappa shape index (κ1) is 19.8. The molecule has 8 heteroatoms. The molecule has 0 saturated carbocycles. The topological polar surface area (TPSA) is 90.0 Å². The lowest BCUT2D eigenvalue weighted by molar-refractivity contribution is -0.121. The molecule has 0 aliphatic rings. The summed E-state index contributed by atoms with van der Waals surface area (Å²) in [5.41, 5.74) is 3.08. The van der Waals surface area contributed by atoms with Crippen LogP contribution in [0.5, 0.6) is 0 Å². The Hall–Kier alpha value is -2.93. The van der Waals surface area contributed by atoms with E-state index in [1.165, 1.54) is 10.7 Å². The van der Waals surface area contributed by atoms with Crippen LogP contribution in [0.25, 0.3) is 11.3 Å². The van der Waals surface area contributed by atoms with E-state index in [9.17, 15) is 9.59 Å². The van der Waals surface area contributed by atoms with Gasteiger partial charge in [0, 0.05) is 35.2 Å². The summed E-state index contributed by atoms with van der Waals surface area (Å²) >= 11 is 5.90. The zero-order chi connectivity index (χ0) is 20.1. The van der Waals surface area contributed by atoms with Gasteiger partial charge in [-0.2, -0.15) is 5.10 Å². The van der Waals surface area contributed by atoms with Gasteiger partial charge in [-0.25, -0.2) is 4.68 Å². The van der Waals surface area contributed by atoms with E-state index in [0.29, 0.717) is 30.1 Å². The van der Waals surface area contributed by atoms with Gasteiger partial charge in [-0.3, -0.25) is 9.59 Å². The Morgan fingerprint density at radius 2 is 1.93 bits per heavy atom. The Kier molecular flexibility index (Phi) is 6.26. The Labute approximate surface area is 167 Å². The molecule has 1 N–H and O–H groups in total. The van der Waals surface area contributed by atoms with Crippen molar-refractivity contribution in [2.75, 3.05) is 6.54 Å². The highest BCUT2D eigenvalue weighted by molar-refractivity contribution is 6.30. The van der Waals surface area contributed by atoms with Gasteiger partial charge in [0.15, 0.2) is 0 Å². The standard InChI is InChI=1S/C20H21ClN4O3/c1-13-17(14(2)28-24-13)7-9-19(26)22-11-12-25-20(27)10-8-18(23-25)15-3-5-16(21)6-4-15/h3-6,8,10H,7,9,11-12H2,1-2H3,(H,22,26). The molecule has 1 amide bonds. The maximum Gasteiger partial charge on any atom is 0.266 e. The van der Waals surface area contributed by atoms with Crippen molar-refractivity contribution in [2.24, 2.45) is 0 Å². The Morgan fingerprint density at radius 1 is 1.18 bits per heavy atom. The maximum atomic E-state index is 12.1. The fourth-order valence-electron chi connectivity index (χ4n) is 2.87. The van der Waals surface area contributed by atoms with Crippen LogP contribution in [0.2, 0.25) is 5.02 Å². The number of halogens is 1. The average Bonchev–Trinajstić information content (AvgIpc) is 3.00. The number of hydrogen-bond acceptors (Lipinski definition) is 5. The second-order valence-electron chi connectivity index (χ2n) is 6.44. The molecular weight excluding hydrogens is 380 g/mol. The molecule has 3 aromatic rings. The van der Waals surface area contributed by atoms with Crippen molar-refractivity contribution in [3.05, 3.63) is 68.8 Å². The number of aryl methyl sites for hydroxylation is 2. The van der Waals surface area contributed by atoms with E-state index in [4.69, 9.17) is 16.1 Å². The van der Waals surface area contributed by atoms with Crippen LogP contribution in [-0.2, 0) is 17.8 Å². The number of rotatable bonds is 7. The molecule has 3 rings (SSSR count). The minimum Gasteiger partial charge on any atom is -0.361 e. The van der Waals surface area contributed by atoms with Crippen molar-refractivity contribution in [3.8, 4) is 11.3 Å². The molecule has 7 nitrogen and oxygen atoms in total. The summed E-state index contributed by atoms with van der Waals surface area (Å²) in [6.45, 7) is 4.29. The molecule has 0 bridgehead atoms. The van der Waals surface area contributed by atoms with Crippen LogP contribution in [0, 0.1) is 13.8 Å². The molecule has 0 radical (unpaired) electrons. The van der Waals surface area contributed by atoms with Gasteiger partial charge in [-0.15, -0.1) is 0 Å². The summed E-state index contributed by atoms with van der Waals surface area (Å²) in [6.07, 6.45) is 0.896. The van der Waals surface area contributed by atoms with Gasteiger partial charge in [0.25, 0.3) is 5.56 Å². The minimum atomic E-state index is -0.220. The fourth-order valence-corrected chi connectivity index (χ4v) is 3.00. The highest BCUT2D eigenvalue weighted by Crippen LogP contribution is 2.18. The third kappa shape index (κ3) is 4.86. The molecule has 0 unspecified atom stereocenters. The van der Waals surface area contributed by atoms with E-state index >= 15 is 0 Å². The molecule has 0 fully saturated rings. The van der Waals surface area contributed by atoms with Gasteiger partial charge in [0.05, 0.1) is 17.9 Å². The van der Waals surface area contributed by atoms with E-state index in [2.05, 4.69) is 15.6 Å². The van der Waals surface area contributed by atoms with Gasteiger partial charge in [0.1, 0.15) is 5.76 Å². The maximum absolute atomic E-state index is 12.1. The van der Waals surface area contributed by atoms with Crippen LogP contribution in [0.3, 0.4) is 0 Å². The molecular formula is C20H21ClN4O3. The lowest BCUT2D eigenvalue weighted by Crippen LogP contribution is -2.32. The molecule has 28 heavy (non-hydrogen) atoms. The fraction of sp³-hybridized carbons (Fsp3) is 0.300. The van der Waals surface area contributed by atoms with Crippen LogP contribution >= 0.6 is 11.6 Å². The lowest BCUT2D eigenvalue weighted by Gasteiger charge is -2.09. The monoisotopic (exact) mass is 400 g/mol. The molecule has 0 saturated heterocycles. The zero-order valence-corrected chi connectivity index (χ0v) is 16.5. The van der Waals surface area contributed by atoms with E-state index in [1.54, 1.807) is 18.2 Å². The number of nitrogens with one attached hydrogen (secondary N) is 1.